The molecule has 4 heteroatoms. The van der Waals surface area contributed by atoms with Crippen LogP contribution in [0.15, 0.2) is 18.2 Å². The fourth-order valence-electron chi connectivity index (χ4n) is 1.78. The smallest absolute Gasteiger partial charge is 0.265 e. The Morgan fingerprint density at radius 2 is 2.25 bits per heavy atom. The zero-order valence-electron chi connectivity index (χ0n) is 9.49. The van der Waals surface area contributed by atoms with Crippen LogP contribution in [0.5, 0.6) is 5.75 Å². The zero-order chi connectivity index (χ0) is 11.7. The zero-order valence-corrected chi connectivity index (χ0v) is 9.49. The lowest BCUT2D eigenvalue weighted by molar-refractivity contribution is -0.124. The molecule has 1 atom stereocenters. The third-order valence-electron chi connectivity index (χ3n) is 2.54. The summed E-state index contributed by atoms with van der Waals surface area (Å²) in [6.45, 7) is 4.11. The number of nitrogens with one attached hydrogen (secondary N) is 1. The Morgan fingerprint density at radius 3 is 2.94 bits per heavy atom. The second-order valence-electron chi connectivity index (χ2n) is 4.45. The first kappa shape index (κ1) is 10.8. The molecular weight excluding hydrogens is 204 g/mol. The van der Waals surface area contributed by atoms with E-state index in [9.17, 15) is 4.79 Å². The molecule has 1 aromatic rings. The van der Waals surface area contributed by atoms with Crippen LogP contribution in [-0.4, -0.2) is 12.0 Å². The Kier molecular flexibility index (Phi) is 2.73. The van der Waals surface area contributed by atoms with Crippen LogP contribution in [0.2, 0.25) is 0 Å². The van der Waals surface area contributed by atoms with Gasteiger partial charge in [-0.2, -0.15) is 0 Å². The van der Waals surface area contributed by atoms with Crippen molar-refractivity contribution in [2.75, 3.05) is 11.1 Å². The first-order chi connectivity index (χ1) is 7.58. The molecule has 2 rings (SSSR count). The third kappa shape index (κ3) is 1.96. The van der Waals surface area contributed by atoms with E-state index in [1.54, 1.807) is 18.2 Å². The van der Waals surface area contributed by atoms with Gasteiger partial charge in [0.1, 0.15) is 0 Å². The monoisotopic (exact) mass is 220 g/mol. The molecule has 0 fully saturated rings. The van der Waals surface area contributed by atoms with Crippen molar-refractivity contribution in [1.82, 2.24) is 0 Å². The lowest BCUT2D eigenvalue weighted by Crippen LogP contribution is -2.38. The Labute approximate surface area is 94.8 Å². The van der Waals surface area contributed by atoms with E-state index in [0.717, 1.165) is 0 Å². The van der Waals surface area contributed by atoms with Crippen LogP contribution < -0.4 is 15.8 Å². The number of hydrogen-bond donors (Lipinski definition) is 2. The standard InChI is InChI=1S/C12H16N2O2/c1-7(2)6-10-12(15)14-9-5-3-4-8(13)11(9)16-10/h3-5,7,10H,6,13H2,1-2H3,(H,14,15). The number of carbonyl (C=O) groups excluding carboxylic acids is 1. The first-order valence-corrected chi connectivity index (χ1v) is 5.44. The Morgan fingerprint density at radius 1 is 1.50 bits per heavy atom. The molecule has 0 saturated heterocycles. The number of hydrogen-bond acceptors (Lipinski definition) is 3. The summed E-state index contributed by atoms with van der Waals surface area (Å²) in [6, 6.07) is 5.35. The minimum absolute atomic E-state index is 0.0909. The van der Waals surface area contributed by atoms with E-state index in [4.69, 9.17) is 10.5 Å². The maximum atomic E-state index is 11.7. The van der Waals surface area contributed by atoms with E-state index in [-0.39, 0.29) is 5.91 Å². The molecule has 0 bridgehead atoms. The van der Waals surface area contributed by atoms with E-state index in [2.05, 4.69) is 19.2 Å². The Balaban J connectivity index is 2.26. The molecule has 86 valence electrons. The van der Waals surface area contributed by atoms with Gasteiger partial charge in [-0.25, -0.2) is 0 Å². The summed E-state index contributed by atoms with van der Waals surface area (Å²) in [6.07, 6.45) is 0.261. The van der Waals surface area contributed by atoms with Crippen molar-refractivity contribution in [3.05, 3.63) is 18.2 Å². The molecule has 1 aromatic carbocycles. The highest BCUT2D eigenvalue weighted by Crippen LogP contribution is 2.35. The number of benzene rings is 1. The van der Waals surface area contributed by atoms with Gasteiger partial charge < -0.3 is 15.8 Å². The number of nitrogens with two attached hydrogens (primary N) is 1. The van der Waals surface area contributed by atoms with Gasteiger partial charge in [0.05, 0.1) is 11.4 Å². The molecule has 1 aliphatic heterocycles. The average molecular weight is 220 g/mol. The summed E-state index contributed by atoms with van der Waals surface area (Å²) in [5.41, 5.74) is 7.02. The Hall–Kier alpha value is -1.71. The number of anilines is 2. The van der Waals surface area contributed by atoms with E-state index in [1.165, 1.54) is 0 Å². The molecule has 0 radical (unpaired) electrons. The van der Waals surface area contributed by atoms with Crippen molar-refractivity contribution in [3.8, 4) is 5.75 Å². The largest absolute Gasteiger partial charge is 0.476 e. The number of para-hydroxylation sites is 1. The van der Waals surface area contributed by atoms with Crippen molar-refractivity contribution >= 4 is 17.3 Å². The summed E-state index contributed by atoms with van der Waals surface area (Å²) in [5.74, 6) is 0.904. The van der Waals surface area contributed by atoms with Crippen LogP contribution in [0.25, 0.3) is 0 Å². The molecule has 0 aliphatic carbocycles. The molecular formula is C12H16N2O2. The molecule has 16 heavy (non-hydrogen) atoms. The minimum Gasteiger partial charge on any atom is -0.476 e. The summed E-state index contributed by atoms with van der Waals surface area (Å²) in [5, 5.41) is 2.81. The third-order valence-corrected chi connectivity index (χ3v) is 2.54. The average Bonchev–Trinajstić information content (AvgIpc) is 2.20. The van der Waals surface area contributed by atoms with E-state index in [0.29, 0.717) is 29.5 Å². The van der Waals surface area contributed by atoms with Crippen molar-refractivity contribution in [1.29, 1.82) is 0 Å². The number of fused-ring (bicyclic) bond motifs is 1. The van der Waals surface area contributed by atoms with Gasteiger partial charge in [0.15, 0.2) is 11.9 Å². The molecule has 1 heterocycles. The molecule has 0 saturated carbocycles. The first-order valence-electron chi connectivity index (χ1n) is 5.44. The predicted octanol–water partition coefficient (Wildman–Crippen LogP) is 2.01. The van der Waals surface area contributed by atoms with Crippen molar-refractivity contribution in [3.63, 3.8) is 0 Å². The van der Waals surface area contributed by atoms with Crippen molar-refractivity contribution < 1.29 is 9.53 Å². The van der Waals surface area contributed by atoms with Crippen LogP contribution in [0.3, 0.4) is 0 Å². The molecule has 1 amide bonds. The van der Waals surface area contributed by atoms with E-state index >= 15 is 0 Å². The molecule has 1 unspecified atom stereocenters. The van der Waals surface area contributed by atoms with Gasteiger partial charge in [0.2, 0.25) is 0 Å². The van der Waals surface area contributed by atoms with Crippen LogP contribution in [-0.2, 0) is 4.79 Å². The van der Waals surface area contributed by atoms with Gasteiger partial charge in [-0.05, 0) is 24.5 Å². The predicted molar refractivity (Wildman–Crippen MR) is 63.4 cm³/mol. The highest BCUT2D eigenvalue weighted by Gasteiger charge is 2.29. The van der Waals surface area contributed by atoms with Gasteiger partial charge in [0.25, 0.3) is 5.91 Å². The van der Waals surface area contributed by atoms with Gasteiger partial charge >= 0.3 is 0 Å². The molecule has 3 N–H and O–H groups in total. The van der Waals surface area contributed by atoms with Crippen molar-refractivity contribution in [2.24, 2.45) is 5.92 Å². The number of amides is 1. The normalized spacial score (nSPS) is 18.9. The molecule has 0 aromatic heterocycles. The molecule has 0 spiro atoms. The Bertz CT molecular complexity index is 415. The van der Waals surface area contributed by atoms with Crippen LogP contribution >= 0.6 is 0 Å². The summed E-state index contributed by atoms with van der Waals surface area (Å²) in [4.78, 5) is 11.7. The summed E-state index contributed by atoms with van der Waals surface area (Å²) >= 11 is 0. The topological polar surface area (TPSA) is 64.3 Å². The number of carbonyl (C=O) groups is 1. The number of nitrogen functional groups attached to an aromatic ring is 1. The van der Waals surface area contributed by atoms with Crippen LogP contribution in [0.4, 0.5) is 11.4 Å². The fraction of sp³-hybridized carbons (Fsp3) is 0.417. The van der Waals surface area contributed by atoms with Crippen LogP contribution in [0, 0.1) is 5.92 Å². The highest BCUT2D eigenvalue weighted by molar-refractivity contribution is 5.99. The van der Waals surface area contributed by atoms with E-state index < -0.39 is 6.10 Å². The van der Waals surface area contributed by atoms with Gasteiger partial charge in [-0.1, -0.05) is 19.9 Å². The lowest BCUT2D eigenvalue weighted by Gasteiger charge is -2.27. The molecule has 4 nitrogen and oxygen atoms in total. The summed E-state index contributed by atoms with van der Waals surface area (Å²) < 4.78 is 5.65. The second-order valence-corrected chi connectivity index (χ2v) is 4.45. The maximum absolute atomic E-state index is 11.7. The maximum Gasteiger partial charge on any atom is 0.265 e. The summed E-state index contributed by atoms with van der Waals surface area (Å²) in [7, 11) is 0. The molecule has 1 aliphatic rings. The minimum atomic E-state index is -0.433. The second kappa shape index (κ2) is 4.04. The van der Waals surface area contributed by atoms with Gasteiger partial charge in [-0.3, -0.25) is 4.79 Å². The van der Waals surface area contributed by atoms with E-state index in [1.807, 2.05) is 0 Å². The van der Waals surface area contributed by atoms with Gasteiger partial charge in [-0.15, -0.1) is 0 Å². The van der Waals surface area contributed by atoms with Gasteiger partial charge in [0, 0.05) is 0 Å². The highest BCUT2D eigenvalue weighted by atomic mass is 16.5. The quantitative estimate of drug-likeness (QED) is 0.749. The van der Waals surface area contributed by atoms with Crippen LogP contribution in [0.1, 0.15) is 20.3 Å². The number of rotatable bonds is 2. The number of ether oxygens (including phenoxy) is 1. The van der Waals surface area contributed by atoms with Crippen molar-refractivity contribution in [2.45, 2.75) is 26.4 Å². The SMILES string of the molecule is CC(C)CC1Oc2c(N)cccc2NC1=O. The fourth-order valence-corrected chi connectivity index (χ4v) is 1.78. The lowest BCUT2D eigenvalue weighted by atomic mass is 10.0.